The van der Waals surface area contributed by atoms with Crippen LogP contribution >= 0.6 is 0 Å². The van der Waals surface area contributed by atoms with Gasteiger partial charge in [0, 0.05) is 19.0 Å². The molecule has 0 bridgehead atoms. The highest BCUT2D eigenvalue weighted by Gasteiger charge is 2.47. The first-order valence-electron chi connectivity index (χ1n) is 11.5. The van der Waals surface area contributed by atoms with E-state index in [2.05, 4.69) is 29.6 Å². The van der Waals surface area contributed by atoms with Crippen LogP contribution in [0.3, 0.4) is 0 Å². The zero-order chi connectivity index (χ0) is 23.6. The summed E-state index contributed by atoms with van der Waals surface area (Å²) >= 11 is 0. The van der Waals surface area contributed by atoms with Crippen molar-refractivity contribution in [2.24, 2.45) is 5.92 Å². The first-order chi connectivity index (χ1) is 15.9. The number of hydrogen-bond acceptors (Lipinski definition) is 4. The molecule has 2 aromatic carbocycles. The summed E-state index contributed by atoms with van der Waals surface area (Å²) in [5.41, 5.74) is 3.40. The van der Waals surface area contributed by atoms with Crippen LogP contribution in [0.15, 0.2) is 48.5 Å². The summed E-state index contributed by atoms with van der Waals surface area (Å²) in [5.74, 6) is -1.76. The molecule has 1 aliphatic heterocycles. The number of alkyl carbamates (subject to hydrolysis) is 1. The van der Waals surface area contributed by atoms with Gasteiger partial charge in [-0.3, -0.25) is 4.79 Å². The molecule has 0 saturated carbocycles. The number of carbonyl (C=O) groups excluding carboxylic acids is 2. The van der Waals surface area contributed by atoms with E-state index in [-0.39, 0.29) is 25.0 Å². The molecule has 1 heterocycles. The minimum Gasteiger partial charge on any atom is -0.480 e. The molecule has 2 aliphatic rings. The van der Waals surface area contributed by atoms with E-state index in [1.54, 1.807) is 6.92 Å². The lowest BCUT2D eigenvalue weighted by molar-refractivity contribution is -0.157. The number of hydrogen-bond donors (Lipinski definition) is 2. The van der Waals surface area contributed by atoms with E-state index in [4.69, 9.17) is 4.74 Å². The van der Waals surface area contributed by atoms with E-state index in [1.807, 2.05) is 31.2 Å². The summed E-state index contributed by atoms with van der Waals surface area (Å²) in [6, 6.07) is 16.2. The number of fused-ring (bicyclic) bond motifs is 3. The number of aliphatic carboxylic acids is 1. The first kappa shape index (κ1) is 22.8. The Morgan fingerprint density at radius 1 is 1.12 bits per heavy atom. The number of nitrogens with zero attached hydrogens (tertiary/aromatic N) is 1. The summed E-state index contributed by atoms with van der Waals surface area (Å²) in [4.78, 5) is 38.7. The average Bonchev–Trinajstić information content (AvgIpc) is 3.37. The molecule has 2 N–H and O–H groups in total. The number of rotatable bonds is 7. The van der Waals surface area contributed by atoms with Crippen LogP contribution in [0.5, 0.6) is 0 Å². The second-order valence-corrected chi connectivity index (χ2v) is 8.98. The van der Waals surface area contributed by atoms with Crippen molar-refractivity contribution < 1.29 is 24.2 Å². The SMILES string of the molecule is CCC(CNC(=O)OCC1c2ccccc2-c2ccccc21)C(=O)N1CCC[C@@]1(C)C(=O)O. The molecule has 7 nitrogen and oxygen atoms in total. The van der Waals surface area contributed by atoms with Crippen molar-refractivity contribution in [1.82, 2.24) is 10.2 Å². The Morgan fingerprint density at radius 3 is 2.30 bits per heavy atom. The number of likely N-dealkylation sites (tertiary alicyclic amines) is 1. The topological polar surface area (TPSA) is 95.9 Å². The number of ether oxygens (including phenoxy) is 1. The van der Waals surface area contributed by atoms with Crippen molar-refractivity contribution in [3.63, 3.8) is 0 Å². The molecule has 7 heteroatoms. The number of nitrogens with one attached hydrogen (secondary N) is 1. The lowest BCUT2D eigenvalue weighted by atomic mass is 9.96. The fourth-order valence-electron chi connectivity index (χ4n) is 5.02. The molecule has 33 heavy (non-hydrogen) atoms. The van der Waals surface area contributed by atoms with Gasteiger partial charge in [-0.25, -0.2) is 9.59 Å². The maximum Gasteiger partial charge on any atom is 0.407 e. The van der Waals surface area contributed by atoms with Gasteiger partial charge in [0.1, 0.15) is 12.1 Å². The molecule has 2 amide bonds. The monoisotopic (exact) mass is 450 g/mol. The van der Waals surface area contributed by atoms with Crippen LogP contribution in [0, 0.1) is 5.92 Å². The maximum absolute atomic E-state index is 13.0. The molecule has 1 fully saturated rings. The van der Waals surface area contributed by atoms with E-state index in [0.29, 0.717) is 25.8 Å². The van der Waals surface area contributed by atoms with E-state index in [0.717, 1.165) is 22.3 Å². The molecule has 4 rings (SSSR count). The van der Waals surface area contributed by atoms with Gasteiger partial charge in [0.15, 0.2) is 0 Å². The summed E-state index contributed by atoms with van der Waals surface area (Å²) < 4.78 is 5.55. The Balaban J connectivity index is 1.36. The Hall–Kier alpha value is -3.35. The van der Waals surface area contributed by atoms with E-state index in [9.17, 15) is 19.5 Å². The van der Waals surface area contributed by atoms with Crippen LogP contribution in [0.25, 0.3) is 11.1 Å². The normalized spacial score (nSPS) is 20.1. The first-order valence-corrected chi connectivity index (χ1v) is 11.5. The molecule has 1 saturated heterocycles. The van der Waals surface area contributed by atoms with Gasteiger partial charge in [0.05, 0.1) is 5.92 Å². The van der Waals surface area contributed by atoms with Crippen LogP contribution in [0.2, 0.25) is 0 Å². The van der Waals surface area contributed by atoms with Gasteiger partial charge in [-0.15, -0.1) is 0 Å². The predicted octanol–water partition coefficient (Wildman–Crippen LogP) is 4.02. The lowest BCUT2D eigenvalue weighted by Crippen LogP contribution is -2.53. The Kier molecular flexibility index (Phi) is 6.40. The smallest absolute Gasteiger partial charge is 0.407 e. The average molecular weight is 451 g/mol. The second-order valence-electron chi connectivity index (χ2n) is 8.98. The third-order valence-corrected chi connectivity index (χ3v) is 7.05. The highest BCUT2D eigenvalue weighted by Crippen LogP contribution is 2.44. The second kappa shape index (κ2) is 9.25. The van der Waals surface area contributed by atoms with Crippen LogP contribution in [-0.2, 0) is 14.3 Å². The van der Waals surface area contributed by atoms with Crippen molar-refractivity contribution in [2.45, 2.75) is 44.6 Å². The van der Waals surface area contributed by atoms with Crippen LogP contribution in [-0.4, -0.2) is 53.2 Å². The summed E-state index contributed by atoms with van der Waals surface area (Å²) in [6.07, 6.45) is 1.01. The number of carbonyl (C=O) groups is 3. The third-order valence-electron chi connectivity index (χ3n) is 7.05. The molecule has 0 radical (unpaired) electrons. The van der Waals surface area contributed by atoms with Gasteiger partial charge >= 0.3 is 12.1 Å². The van der Waals surface area contributed by atoms with Gasteiger partial charge in [-0.2, -0.15) is 0 Å². The quantitative estimate of drug-likeness (QED) is 0.664. The number of benzene rings is 2. The highest BCUT2D eigenvalue weighted by atomic mass is 16.5. The van der Waals surface area contributed by atoms with Gasteiger partial charge in [0.25, 0.3) is 0 Å². The lowest BCUT2D eigenvalue weighted by Gasteiger charge is -2.33. The van der Waals surface area contributed by atoms with Gasteiger partial charge in [-0.05, 0) is 48.4 Å². The van der Waals surface area contributed by atoms with Crippen molar-refractivity contribution >= 4 is 18.0 Å². The van der Waals surface area contributed by atoms with Crippen molar-refractivity contribution in [3.05, 3.63) is 59.7 Å². The van der Waals surface area contributed by atoms with Gasteiger partial charge in [0.2, 0.25) is 5.91 Å². The molecular weight excluding hydrogens is 420 g/mol. The molecule has 1 aliphatic carbocycles. The number of carboxylic acids is 1. The molecule has 174 valence electrons. The third kappa shape index (κ3) is 4.19. The van der Waals surface area contributed by atoms with Crippen LogP contribution in [0.4, 0.5) is 4.79 Å². The summed E-state index contributed by atoms with van der Waals surface area (Å²) in [7, 11) is 0. The zero-order valence-corrected chi connectivity index (χ0v) is 19.0. The number of amides is 2. The van der Waals surface area contributed by atoms with Crippen LogP contribution < -0.4 is 5.32 Å². The fourth-order valence-corrected chi connectivity index (χ4v) is 5.02. The fraction of sp³-hybridized carbons (Fsp3) is 0.423. The van der Waals surface area contributed by atoms with E-state index < -0.39 is 23.5 Å². The van der Waals surface area contributed by atoms with Crippen molar-refractivity contribution in [1.29, 1.82) is 0 Å². The Bertz CT molecular complexity index is 1020. The Labute approximate surface area is 193 Å². The minimum atomic E-state index is -1.19. The van der Waals surface area contributed by atoms with Crippen molar-refractivity contribution in [2.75, 3.05) is 19.7 Å². The largest absolute Gasteiger partial charge is 0.480 e. The minimum absolute atomic E-state index is 0.0346. The van der Waals surface area contributed by atoms with E-state index >= 15 is 0 Å². The predicted molar refractivity (Wildman–Crippen MR) is 124 cm³/mol. The maximum atomic E-state index is 13.0. The summed E-state index contributed by atoms with van der Waals surface area (Å²) in [5, 5.41) is 12.3. The molecular formula is C26H30N2O5. The number of carboxylic acid groups (broad SMARTS) is 1. The van der Waals surface area contributed by atoms with Gasteiger partial charge in [-0.1, -0.05) is 55.5 Å². The van der Waals surface area contributed by atoms with Crippen LogP contribution in [0.1, 0.15) is 50.2 Å². The van der Waals surface area contributed by atoms with Crippen molar-refractivity contribution in [3.8, 4) is 11.1 Å². The Morgan fingerprint density at radius 2 is 1.73 bits per heavy atom. The van der Waals surface area contributed by atoms with Gasteiger partial charge < -0.3 is 20.1 Å². The highest BCUT2D eigenvalue weighted by molar-refractivity contribution is 5.89. The summed E-state index contributed by atoms with van der Waals surface area (Å²) in [6.45, 7) is 4.18. The molecule has 1 unspecified atom stereocenters. The zero-order valence-electron chi connectivity index (χ0n) is 19.0. The molecule has 0 spiro atoms. The van der Waals surface area contributed by atoms with E-state index in [1.165, 1.54) is 4.90 Å². The standard InChI is InChI=1S/C26H30N2O5/c1-3-17(23(29)28-14-8-13-26(28,2)24(30)31)15-27-25(32)33-16-22-20-11-6-4-9-18(20)19-10-5-7-12-21(19)22/h4-7,9-12,17,22H,3,8,13-16H2,1-2H3,(H,27,32)(H,30,31)/t17?,26-/m0/s1. The molecule has 0 aromatic heterocycles. The molecule has 2 atom stereocenters. The molecule has 2 aromatic rings.